The molecule has 2 atom stereocenters. The van der Waals surface area contributed by atoms with E-state index in [0.29, 0.717) is 18.4 Å². The van der Waals surface area contributed by atoms with E-state index >= 15 is 0 Å². The summed E-state index contributed by atoms with van der Waals surface area (Å²) < 4.78 is 6.68. The van der Waals surface area contributed by atoms with Crippen LogP contribution in [0.15, 0.2) is 11.0 Å². The van der Waals surface area contributed by atoms with Gasteiger partial charge in [0.05, 0.1) is 6.61 Å². The van der Waals surface area contributed by atoms with E-state index in [1.54, 1.807) is 0 Å². The predicted molar refractivity (Wildman–Crippen MR) is 57.2 cm³/mol. The van der Waals surface area contributed by atoms with Crippen molar-refractivity contribution in [1.82, 2.24) is 9.55 Å². The molecular weight excluding hydrogens is 232 g/mol. The quantitative estimate of drug-likeness (QED) is 0.639. The minimum Gasteiger partial charge on any atom is -0.392 e. The molecule has 0 radical (unpaired) electrons. The number of aliphatic hydroxyl groups excluding tert-OH is 2. The Kier molecular flexibility index (Phi) is 3.20. The van der Waals surface area contributed by atoms with Gasteiger partial charge in [-0.05, 0) is 6.42 Å². The van der Waals surface area contributed by atoms with Crippen LogP contribution in [0.2, 0.25) is 0 Å². The SMILES string of the molecule is O=c1[nH]c(=S)c(CO)cn1C1CCC(O)O1. The number of H-pyrrole nitrogens is 1. The molecule has 2 rings (SSSR count). The second kappa shape index (κ2) is 4.46. The number of rotatable bonds is 2. The fraction of sp³-hybridized carbons (Fsp3) is 0.556. The molecule has 0 aromatic carbocycles. The van der Waals surface area contributed by atoms with Gasteiger partial charge in [-0.3, -0.25) is 9.55 Å². The number of ether oxygens (including phenoxy) is 1. The van der Waals surface area contributed by atoms with Crippen molar-refractivity contribution in [2.75, 3.05) is 0 Å². The molecule has 1 aliphatic heterocycles. The normalized spacial score (nSPS) is 24.9. The molecule has 0 spiro atoms. The van der Waals surface area contributed by atoms with E-state index < -0.39 is 18.2 Å². The van der Waals surface area contributed by atoms with E-state index in [2.05, 4.69) is 4.98 Å². The highest BCUT2D eigenvalue weighted by molar-refractivity contribution is 7.71. The van der Waals surface area contributed by atoms with Gasteiger partial charge >= 0.3 is 5.69 Å². The smallest absolute Gasteiger partial charge is 0.328 e. The molecule has 0 amide bonds. The van der Waals surface area contributed by atoms with Gasteiger partial charge in [0, 0.05) is 18.2 Å². The fourth-order valence-electron chi connectivity index (χ4n) is 1.66. The van der Waals surface area contributed by atoms with Crippen LogP contribution >= 0.6 is 12.2 Å². The van der Waals surface area contributed by atoms with Crippen LogP contribution < -0.4 is 5.69 Å². The lowest BCUT2D eigenvalue weighted by atomic mass is 10.3. The Morgan fingerprint density at radius 2 is 2.38 bits per heavy atom. The highest BCUT2D eigenvalue weighted by Gasteiger charge is 2.25. The highest BCUT2D eigenvalue weighted by Crippen LogP contribution is 2.25. The summed E-state index contributed by atoms with van der Waals surface area (Å²) in [4.78, 5) is 14.0. The summed E-state index contributed by atoms with van der Waals surface area (Å²) in [5, 5.41) is 18.3. The van der Waals surface area contributed by atoms with Crippen molar-refractivity contribution in [1.29, 1.82) is 0 Å². The maximum absolute atomic E-state index is 11.6. The van der Waals surface area contributed by atoms with Gasteiger partial charge in [0.15, 0.2) is 6.29 Å². The molecule has 1 aliphatic rings. The average molecular weight is 244 g/mol. The zero-order valence-electron chi connectivity index (χ0n) is 8.42. The molecule has 16 heavy (non-hydrogen) atoms. The minimum absolute atomic E-state index is 0.224. The molecular formula is C9H12N2O4S. The molecule has 88 valence electrons. The maximum Gasteiger partial charge on any atom is 0.328 e. The average Bonchev–Trinajstić information content (AvgIpc) is 2.65. The second-order valence-electron chi connectivity index (χ2n) is 3.60. The van der Waals surface area contributed by atoms with E-state index in [9.17, 15) is 9.90 Å². The van der Waals surface area contributed by atoms with Crippen LogP contribution in [-0.4, -0.2) is 26.1 Å². The van der Waals surface area contributed by atoms with Crippen molar-refractivity contribution >= 4 is 12.2 Å². The molecule has 1 aromatic heterocycles. The lowest BCUT2D eigenvalue weighted by molar-refractivity contribution is -0.113. The lowest BCUT2D eigenvalue weighted by Crippen LogP contribution is -2.27. The maximum atomic E-state index is 11.6. The van der Waals surface area contributed by atoms with Gasteiger partial charge in [-0.2, -0.15) is 0 Å². The van der Waals surface area contributed by atoms with Gasteiger partial charge < -0.3 is 14.9 Å². The standard InChI is InChI=1S/C9H12N2O4S/c12-4-5-3-11(9(14)10-8(5)16)6-1-2-7(13)15-6/h3,6-7,12-13H,1-2,4H2,(H,10,14,16). The van der Waals surface area contributed by atoms with Gasteiger partial charge in [0.2, 0.25) is 0 Å². The first kappa shape index (κ1) is 11.5. The summed E-state index contributed by atoms with van der Waals surface area (Å²) in [7, 11) is 0. The van der Waals surface area contributed by atoms with Crippen LogP contribution in [-0.2, 0) is 11.3 Å². The largest absolute Gasteiger partial charge is 0.392 e. The Morgan fingerprint density at radius 1 is 1.62 bits per heavy atom. The molecule has 2 unspecified atom stereocenters. The van der Waals surface area contributed by atoms with E-state index in [4.69, 9.17) is 22.1 Å². The summed E-state index contributed by atoms with van der Waals surface area (Å²) in [5.74, 6) is 0. The summed E-state index contributed by atoms with van der Waals surface area (Å²) in [6.07, 6.45) is 1.17. The number of aromatic amines is 1. The second-order valence-corrected chi connectivity index (χ2v) is 4.01. The van der Waals surface area contributed by atoms with Crippen LogP contribution in [0.1, 0.15) is 24.6 Å². The number of hydrogen-bond acceptors (Lipinski definition) is 5. The molecule has 3 N–H and O–H groups in total. The third-order valence-corrected chi connectivity index (χ3v) is 2.86. The molecule has 0 bridgehead atoms. The van der Waals surface area contributed by atoms with Crippen molar-refractivity contribution in [3.05, 3.63) is 26.9 Å². The van der Waals surface area contributed by atoms with Gasteiger partial charge in [-0.1, -0.05) is 12.2 Å². The summed E-state index contributed by atoms with van der Waals surface area (Å²) in [6, 6.07) is 0. The molecule has 7 heteroatoms. The molecule has 1 saturated heterocycles. The molecule has 0 aliphatic carbocycles. The van der Waals surface area contributed by atoms with Crippen molar-refractivity contribution in [3.8, 4) is 0 Å². The molecule has 2 heterocycles. The van der Waals surface area contributed by atoms with Crippen LogP contribution in [0.25, 0.3) is 0 Å². The Morgan fingerprint density at radius 3 is 2.94 bits per heavy atom. The Bertz CT molecular complexity index is 495. The van der Waals surface area contributed by atoms with Crippen LogP contribution in [0.3, 0.4) is 0 Å². The minimum atomic E-state index is -0.836. The van der Waals surface area contributed by atoms with Crippen molar-refractivity contribution in [3.63, 3.8) is 0 Å². The monoisotopic (exact) mass is 244 g/mol. The first-order valence-electron chi connectivity index (χ1n) is 4.90. The topological polar surface area (TPSA) is 87.5 Å². The van der Waals surface area contributed by atoms with Gasteiger partial charge in [0.1, 0.15) is 10.9 Å². The molecule has 1 aromatic rings. The third-order valence-electron chi connectivity index (χ3n) is 2.50. The summed E-state index contributed by atoms with van der Waals surface area (Å²) >= 11 is 4.88. The van der Waals surface area contributed by atoms with Crippen LogP contribution in [0.5, 0.6) is 0 Å². The predicted octanol–water partition coefficient (Wildman–Crippen LogP) is 0.0256. The van der Waals surface area contributed by atoms with Crippen molar-refractivity contribution in [2.24, 2.45) is 0 Å². The lowest BCUT2D eigenvalue weighted by Gasteiger charge is -2.14. The Hall–Kier alpha value is -1.02. The Labute approximate surface area is 96.1 Å². The fourth-order valence-corrected chi connectivity index (χ4v) is 1.87. The first-order valence-corrected chi connectivity index (χ1v) is 5.31. The van der Waals surface area contributed by atoms with E-state index in [1.807, 2.05) is 0 Å². The zero-order valence-corrected chi connectivity index (χ0v) is 9.24. The number of aromatic nitrogens is 2. The molecule has 6 nitrogen and oxygen atoms in total. The Balaban J connectivity index is 2.41. The van der Waals surface area contributed by atoms with Gasteiger partial charge in [-0.25, -0.2) is 4.79 Å². The van der Waals surface area contributed by atoms with Crippen molar-refractivity contribution < 1.29 is 14.9 Å². The third kappa shape index (κ3) is 2.07. The van der Waals surface area contributed by atoms with Gasteiger partial charge in [-0.15, -0.1) is 0 Å². The van der Waals surface area contributed by atoms with Crippen LogP contribution in [0.4, 0.5) is 0 Å². The summed E-state index contributed by atoms with van der Waals surface area (Å²) in [6.45, 7) is -0.245. The van der Waals surface area contributed by atoms with Gasteiger partial charge in [0.25, 0.3) is 0 Å². The summed E-state index contributed by atoms with van der Waals surface area (Å²) in [5.41, 5.74) is 0.0564. The number of aliphatic hydroxyl groups is 2. The number of nitrogens with one attached hydrogen (secondary N) is 1. The molecule has 0 saturated carbocycles. The van der Waals surface area contributed by atoms with E-state index in [1.165, 1.54) is 10.8 Å². The van der Waals surface area contributed by atoms with Crippen molar-refractivity contribution in [2.45, 2.75) is 32.0 Å². The highest BCUT2D eigenvalue weighted by atomic mass is 32.1. The van der Waals surface area contributed by atoms with Crippen LogP contribution in [0, 0.1) is 4.64 Å². The first-order chi connectivity index (χ1) is 7.61. The van der Waals surface area contributed by atoms with E-state index in [-0.39, 0.29) is 11.2 Å². The number of nitrogens with zero attached hydrogens (tertiary/aromatic N) is 1. The van der Waals surface area contributed by atoms with E-state index in [0.717, 1.165) is 0 Å². The number of hydrogen-bond donors (Lipinski definition) is 3. The molecule has 1 fully saturated rings. The zero-order chi connectivity index (χ0) is 11.7.